The summed E-state index contributed by atoms with van der Waals surface area (Å²) in [5, 5.41) is 2.68. The van der Waals surface area contributed by atoms with Crippen LogP contribution in [0.1, 0.15) is 26.3 Å². The molecular weight excluding hydrogens is 388 g/mol. The Balaban J connectivity index is 1.67. The van der Waals surface area contributed by atoms with Gasteiger partial charge in [-0.1, -0.05) is 13.8 Å². The number of carbonyl (C=O) groups excluding carboxylic acids is 3. The van der Waals surface area contributed by atoms with Crippen molar-refractivity contribution < 1.29 is 14.4 Å². The third-order valence-corrected chi connectivity index (χ3v) is 6.31. The Morgan fingerprint density at radius 2 is 1.86 bits per heavy atom. The first-order chi connectivity index (χ1) is 13.9. The summed E-state index contributed by atoms with van der Waals surface area (Å²) < 4.78 is 0. The van der Waals surface area contributed by atoms with E-state index in [4.69, 9.17) is 0 Å². The van der Waals surface area contributed by atoms with Gasteiger partial charge in [-0.05, 0) is 48.7 Å². The maximum absolute atomic E-state index is 13.2. The monoisotopic (exact) mass is 410 g/mol. The van der Waals surface area contributed by atoms with Crippen LogP contribution in [0.15, 0.2) is 47.6 Å². The number of urea groups is 1. The first-order valence-corrected chi connectivity index (χ1v) is 10.4. The Bertz CT molecular complexity index is 979. The standard InChI is InChI=1S/C21H22N4O3S/c1-12(2)18-20(27)25(21(28)24(18)11-14-6-8-22-9-7-14)15-4-5-17-16(10-15)23-19(26)13(3)29-17/h4-10,12-13,18H,11H2,1-3H3,(H,23,26). The molecule has 0 saturated carbocycles. The SMILES string of the molecule is CC1Sc2ccc(N3C(=O)C(C(C)C)N(Cc4ccncc4)C3=O)cc2NC1=O. The minimum Gasteiger partial charge on any atom is -0.324 e. The van der Waals surface area contributed by atoms with E-state index >= 15 is 0 Å². The normalized spacial score (nSPS) is 21.6. The lowest BCUT2D eigenvalue weighted by atomic mass is 10.0. The molecule has 2 aliphatic heterocycles. The van der Waals surface area contributed by atoms with Crippen LogP contribution in [-0.2, 0) is 16.1 Å². The number of carbonyl (C=O) groups is 3. The number of amides is 4. The van der Waals surface area contributed by atoms with Crippen molar-refractivity contribution in [3.8, 4) is 0 Å². The Morgan fingerprint density at radius 3 is 2.55 bits per heavy atom. The molecular formula is C21H22N4O3S. The average Bonchev–Trinajstić information content (AvgIpc) is 2.93. The fourth-order valence-corrected chi connectivity index (χ4v) is 4.61. The van der Waals surface area contributed by atoms with Crippen molar-refractivity contribution in [1.29, 1.82) is 0 Å². The minimum absolute atomic E-state index is 0.0352. The molecule has 1 N–H and O–H groups in total. The number of rotatable bonds is 4. The van der Waals surface area contributed by atoms with E-state index in [9.17, 15) is 14.4 Å². The van der Waals surface area contributed by atoms with Gasteiger partial charge in [0.2, 0.25) is 5.91 Å². The lowest BCUT2D eigenvalue weighted by molar-refractivity contribution is -0.121. The number of imide groups is 1. The number of fused-ring (bicyclic) bond motifs is 1. The highest BCUT2D eigenvalue weighted by molar-refractivity contribution is 8.00. The summed E-state index contributed by atoms with van der Waals surface area (Å²) in [7, 11) is 0. The first kappa shape index (κ1) is 19.4. The highest BCUT2D eigenvalue weighted by atomic mass is 32.2. The van der Waals surface area contributed by atoms with Crippen LogP contribution in [0.4, 0.5) is 16.2 Å². The Kier molecular flexibility index (Phi) is 5.04. The predicted molar refractivity (Wildman–Crippen MR) is 112 cm³/mol. The highest BCUT2D eigenvalue weighted by Gasteiger charge is 2.47. The molecule has 2 unspecified atom stereocenters. The number of thioether (sulfide) groups is 1. The van der Waals surface area contributed by atoms with Crippen molar-refractivity contribution in [1.82, 2.24) is 9.88 Å². The lowest BCUT2D eigenvalue weighted by Crippen LogP contribution is -2.38. The zero-order valence-corrected chi connectivity index (χ0v) is 17.3. The molecule has 1 saturated heterocycles. The molecule has 3 heterocycles. The number of hydrogen-bond donors (Lipinski definition) is 1. The van der Waals surface area contributed by atoms with Gasteiger partial charge in [0.15, 0.2) is 0 Å². The number of pyridine rings is 1. The fourth-order valence-electron chi connectivity index (χ4n) is 3.68. The molecule has 1 fully saturated rings. The second kappa shape index (κ2) is 7.51. The van der Waals surface area contributed by atoms with Crippen LogP contribution >= 0.6 is 11.8 Å². The second-order valence-corrected chi connectivity index (χ2v) is 8.94. The quantitative estimate of drug-likeness (QED) is 0.780. The van der Waals surface area contributed by atoms with Gasteiger partial charge in [-0.15, -0.1) is 11.8 Å². The van der Waals surface area contributed by atoms with Gasteiger partial charge in [-0.25, -0.2) is 9.69 Å². The van der Waals surface area contributed by atoms with Crippen molar-refractivity contribution in [2.24, 2.45) is 5.92 Å². The summed E-state index contributed by atoms with van der Waals surface area (Å²) >= 11 is 1.46. The van der Waals surface area contributed by atoms with Gasteiger partial charge in [-0.2, -0.15) is 0 Å². The van der Waals surface area contributed by atoms with Gasteiger partial charge >= 0.3 is 6.03 Å². The summed E-state index contributed by atoms with van der Waals surface area (Å²) in [6.45, 7) is 6.05. The van der Waals surface area contributed by atoms with Gasteiger partial charge in [-0.3, -0.25) is 14.6 Å². The van der Waals surface area contributed by atoms with Gasteiger partial charge in [0.1, 0.15) is 6.04 Å². The van der Waals surface area contributed by atoms with Gasteiger partial charge < -0.3 is 10.2 Å². The number of nitrogens with one attached hydrogen (secondary N) is 1. The third kappa shape index (κ3) is 3.48. The molecule has 29 heavy (non-hydrogen) atoms. The molecule has 1 aromatic carbocycles. The molecule has 8 heteroatoms. The van der Waals surface area contributed by atoms with Crippen LogP contribution in [0.5, 0.6) is 0 Å². The highest BCUT2D eigenvalue weighted by Crippen LogP contribution is 2.39. The summed E-state index contributed by atoms with van der Waals surface area (Å²) in [5.41, 5.74) is 2.01. The van der Waals surface area contributed by atoms with Crippen molar-refractivity contribution in [3.63, 3.8) is 0 Å². The second-order valence-electron chi connectivity index (χ2n) is 7.56. The van der Waals surface area contributed by atoms with E-state index in [-0.39, 0.29) is 29.0 Å². The van der Waals surface area contributed by atoms with Crippen LogP contribution in [-0.4, -0.2) is 39.0 Å². The summed E-state index contributed by atoms with van der Waals surface area (Å²) in [6, 6.07) is 8.09. The zero-order valence-electron chi connectivity index (χ0n) is 16.5. The van der Waals surface area contributed by atoms with Crippen LogP contribution in [0, 0.1) is 5.92 Å². The molecule has 2 aromatic rings. The third-order valence-electron chi connectivity index (χ3n) is 5.13. The van der Waals surface area contributed by atoms with Crippen LogP contribution in [0.2, 0.25) is 0 Å². The predicted octanol–water partition coefficient (Wildman–Crippen LogP) is 3.51. The van der Waals surface area contributed by atoms with Crippen LogP contribution in [0.25, 0.3) is 0 Å². The first-order valence-electron chi connectivity index (χ1n) is 9.52. The summed E-state index contributed by atoms with van der Waals surface area (Å²) in [6.07, 6.45) is 3.34. The Morgan fingerprint density at radius 1 is 1.14 bits per heavy atom. The Labute approximate surface area is 173 Å². The molecule has 2 atom stereocenters. The summed E-state index contributed by atoms with van der Waals surface area (Å²) in [4.78, 5) is 46.2. The van der Waals surface area contributed by atoms with E-state index in [2.05, 4.69) is 10.3 Å². The molecule has 4 amide bonds. The maximum atomic E-state index is 13.2. The molecule has 2 aliphatic rings. The summed E-state index contributed by atoms with van der Waals surface area (Å²) in [5.74, 6) is -0.368. The largest absolute Gasteiger partial charge is 0.332 e. The van der Waals surface area contributed by atoms with Gasteiger partial charge in [0, 0.05) is 23.8 Å². The molecule has 7 nitrogen and oxygen atoms in total. The average molecular weight is 410 g/mol. The number of hydrogen-bond acceptors (Lipinski definition) is 5. The van der Waals surface area contributed by atoms with E-state index in [0.29, 0.717) is 17.9 Å². The van der Waals surface area contributed by atoms with Crippen LogP contribution < -0.4 is 10.2 Å². The van der Waals surface area contributed by atoms with Gasteiger partial charge in [0.25, 0.3) is 5.91 Å². The van der Waals surface area contributed by atoms with Crippen molar-refractivity contribution in [2.75, 3.05) is 10.2 Å². The number of anilines is 2. The molecule has 0 spiro atoms. The molecule has 1 aromatic heterocycles. The van der Waals surface area contributed by atoms with E-state index in [1.807, 2.05) is 39.0 Å². The zero-order chi connectivity index (χ0) is 20.7. The number of benzene rings is 1. The van der Waals surface area contributed by atoms with E-state index in [0.717, 1.165) is 10.5 Å². The Hall–Kier alpha value is -2.87. The fraction of sp³-hybridized carbons (Fsp3) is 0.333. The molecule has 150 valence electrons. The smallest absolute Gasteiger partial charge is 0.324 e. The van der Waals surface area contributed by atoms with Crippen molar-refractivity contribution >= 4 is 41.0 Å². The molecule has 4 rings (SSSR count). The van der Waals surface area contributed by atoms with Crippen molar-refractivity contribution in [3.05, 3.63) is 48.3 Å². The van der Waals surface area contributed by atoms with E-state index in [1.54, 1.807) is 29.4 Å². The molecule has 0 aliphatic carbocycles. The van der Waals surface area contributed by atoms with E-state index in [1.165, 1.54) is 16.7 Å². The lowest BCUT2D eigenvalue weighted by Gasteiger charge is -2.24. The molecule has 0 radical (unpaired) electrons. The number of nitrogens with zero attached hydrogens (tertiary/aromatic N) is 3. The van der Waals surface area contributed by atoms with Crippen molar-refractivity contribution in [2.45, 2.75) is 43.5 Å². The topological polar surface area (TPSA) is 82.6 Å². The minimum atomic E-state index is -0.546. The maximum Gasteiger partial charge on any atom is 0.332 e. The van der Waals surface area contributed by atoms with Gasteiger partial charge in [0.05, 0.1) is 16.6 Å². The van der Waals surface area contributed by atoms with E-state index < -0.39 is 6.04 Å². The number of aromatic nitrogens is 1. The molecule has 0 bridgehead atoms. The van der Waals surface area contributed by atoms with Crippen LogP contribution in [0.3, 0.4) is 0 Å².